The molecule has 0 bridgehead atoms. The summed E-state index contributed by atoms with van der Waals surface area (Å²) in [6.45, 7) is 4.61. The second-order valence-corrected chi connectivity index (χ2v) is 4.96. The Hall–Kier alpha value is -1.18. The van der Waals surface area contributed by atoms with Crippen LogP contribution in [0.3, 0.4) is 0 Å². The number of ether oxygens (including phenoxy) is 1. The quantitative estimate of drug-likeness (QED) is 0.771. The van der Waals surface area contributed by atoms with E-state index in [-0.39, 0.29) is 0 Å². The van der Waals surface area contributed by atoms with Gasteiger partial charge in [0.2, 0.25) is 0 Å². The summed E-state index contributed by atoms with van der Waals surface area (Å²) in [7, 11) is 0. The van der Waals surface area contributed by atoms with Gasteiger partial charge in [0.05, 0.1) is 6.10 Å². The molecule has 2 aliphatic rings. The summed E-state index contributed by atoms with van der Waals surface area (Å²) in [6, 6.07) is 6.53. The number of aryl methyl sites for hydroxylation is 1. The Bertz CT molecular complexity index is 378. The van der Waals surface area contributed by atoms with Gasteiger partial charge in [-0.15, -0.1) is 0 Å². The van der Waals surface area contributed by atoms with Gasteiger partial charge in [0, 0.05) is 18.8 Å². The van der Waals surface area contributed by atoms with E-state index >= 15 is 0 Å². The van der Waals surface area contributed by atoms with E-state index in [1.807, 2.05) is 0 Å². The third-order valence-electron chi connectivity index (χ3n) is 3.44. The number of rotatable bonds is 3. The van der Waals surface area contributed by atoms with Crippen molar-refractivity contribution in [3.8, 4) is 5.75 Å². The van der Waals surface area contributed by atoms with Crippen LogP contribution >= 0.6 is 0 Å². The Balaban J connectivity index is 1.78. The molecule has 0 spiro atoms. The van der Waals surface area contributed by atoms with Gasteiger partial charge in [-0.05, 0) is 56.4 Å². The largest absolute Gasteiger partial charge is 0.490 e. The molecule has 0 atom stereocenters. The predicted molar refractivity (Wildman–Crippen MR) is 66.3 cm³/mol. The Morgan fingerprint density at radius 1 is 1.19 bits per heavy atom. The molecule has 1 aliphatic carbocycles. The highest BCUT2D eigenvalue weighted by molar-refractivity contribution is 5.56. The Labute approximate surface area is 97.2 Å². The molecular weight excluding hydrogens is 198 g/mol. The van der Waals surface area contributed by atoms with Crippen LogP contribution in [0.15, 0.2) is 18.2 Å². The van der Waals surface area contributed by atoms with Crippen molar-refractivity contribution in [2.75, 3.05) is 18.0 Å². The van der Waals surface area contributed by atoms with Gasteiger partial charge in [0.25, 0.3) is 0 Å². The van der Waals surface area contributed by atoms with Gasteiger partial charge in [-0.25, -0.2) is 0 Å². The first kappa shape index (κ1) is 10.0. The van der Waals surface area contributed by atoms with Crippen molar-refractivity contribution in [2.24, 2.45) is 0 Å². The van der Waals surface area contributed by atoms with Crippen molar-refractivity contribution >= 4 is 5.69 Å². The third-order valence-corrected chi connectivity index (χ3v) is 3.44. The molecule has 1 heterocycles. The van der Waals surface area contributed by atoms with Crippen LogP contribution in [0.4, 0.5) is 5.69 Å². The molecule has 2 fully saturated rings. The van der Waals surface area contributed by atoms with E-state index in [1.165, 1.54) is 50.0 Å². The first-order chi connectivity index (χ1) is 7.83. The van der Waals surface area contributed by atoms with E-state index in [4.69, 9.17) is 4.74 Å². The highest BCUT2D eigenvalue weighted by Gasteiger charge is 2.23. The topological polar surface area (TPSA) is 12.5 Å². The van der Waals surface area contributed by atoms with Crippen LogP contribution in [0, 0.1) is 6.92 Å². The smallest absolute Gasteiger partial charge is 0.120 e. The number of benzene rings is 1. The molecule has 1 aromatic rings. The first-order valence-corrected chi connectivity index (χ1v) is 6.35. The molecule has 0 radical (unpaired) electrons. The molecule has 1 aromatic carbocycles. The van der Waals surface area contributed by atoms with E-state index in [0.29, 0.717) is 6.10 Å². The van der Waals surface area contributed by atoms with Gasteiger partial charge >= 0.3 is 0 Å². The van der Waals surface area contributed by atoms with Crippen LogP contribution in [-0.2, 0) is 0 Å². The average molecular weight is 217 g/mol. The summed E-state index contributed by atoms with van der Waals surface area (Å²) in [5.41, 5.74) is 2.74. The lowest BCUT2D eigenvalue weighted by atomic mass is 10.1. The van der Waals surface area contributed by atoms with Crippen molar-refractivity contribution in [3.05, 3.63) is 23.8 Å². The zero-order chi connectivity index (χ0) is 11.0. The molecule has 16 heavy (non-hydrogen) atoms. The van der Waals surface area contributed by atoms with Crippen LogP contribution in [0.5, 0.6) is 5.75 Å². The molecule has 0 aromatic heterocycles. The predicted octanol–water partition coefficient (Wildman–Crippen LogP) is 3.14. The van der Waals surface area contributed by atoms with Gasteiger partial charge in [-0.3, -0.25) is 0 Å². The fourth-order valence-electron chi connectivity index (χ4n) is 2.39. The molecule has 1 saturated heterocycles. The summed E-state index contributed by atoms with van der Waals surface area (Å²) in [5.74, 6) is 1.04. The Morgan fingerprint density at radius 3 is 2.56 bits per heavy atom. The minimum Gasteiger partial charge on any atom is -0.490 e. The van der Waals surface area contributed by atoms with Crippen LogP contribution in [0.1, 0.15) is 31.2 Å². The second-order valence-electron chi connectivity index (χ2n) is 4.96. The zero-order valence-corrected chi connectivity index (χ0v) is 9.91. The van der Waals surface area contributed by atoms with Crippen LogP contribution in [0.25, 0.3) is 0 Å². The molecule has 2 nitrogen and oxygen atoms in total. The van der Waals surface area contributed by atoms with Crippen LogP contribution in [0.2, 0.25) is 0 Å². The van der Waals surface area contributed by atoms with Crippen molar-refractivity contribution < 1.29 is 4.74 Å². The first-order valence-electron chi connectivity index (χ1n) is 6.35. The van der Waals surface area contributed by atoms with Crippen LogP contribution in [-0.4, -0.2) is 19.2 Å². The summed E-state index contributed by atoms with van der Waals surface area (Å²) in [6.07, 6.45) is 5.62. The number of hydrogen-bond donors (Lipinski definition) is 0. The fourth-order valence-corrected chi connectivity index (χ4v) is 2.39. The van der Waals surface area contributed by atoms with E-state index in [1.54, 1.807) is 0 Å². The van der Waals surface area contributed by atoms with Gasteiger partial charge in [0.1, 0.15) is 5.75 Å². The molecular formula is C14H19NO. The van der Waals surface area contributed by atoms with E-state index in [9.17, 15) is 0 Å². The molecule has 2 heteroatoms. The van der Waals surface area contributed by atoms with Crippen molar-refractivity contribution in [1.82, 2.24) is 0 Å². The monoisotopic (exact) mass is 217 g/mol. The standard InChI is InChI=1S/C14H19NO/c1-11-10-13(16-12-4-5-12)6-7-14(11)15-8-2-3-9-15/h6-7,10,12H,2-5,8-9H2,1H3. The molecule has 0 amide bonds. The maximum atomic E-state index is 5.81. The number of nitrogens with zero attached hydrogens (tertiary/aromatic N) is 1. The summed E-state index contributed by atoms with van der Waals surface area (Å²) in [4.78, 5) is 2.48. The molecule has 86 valence electrons. The fraction of sp³-hybridized carbons (Fsp3) is 0.571. The molecule has 1 aliphatic heterocycles. The lowest BCUT2D eigenvalue weighted by Gasteiger charge is -2.20. The Kier molecular flexibility index (Phi) is 2.50. The maximum absolute atomic E-state index is 5.81. The summed E-state index contributed by atoms with van der Waals surface area (Å²) < 4.78 is 5.81. The third kappa shape index (κ3) is 2.01. The number of anilines is 1. The normalized spacial score (nSPS) is 20.2. The molecule has 0 unspecified atom stereocenters. The maximum Gasteiger partial charge on any atom is 0.120 e. The van der Waals surface area contributed by atoms with E-state index in [0.717, 1.165) is 5.75 Å². The van der Waals surface area contributed by atoms with Gasteiger partial charge in [-0.2, -0.15) is 0 Å². The van der Waals surface area contributed by atoms with Gasteiger partial charge in [0.15, 0.2) is 0 Å². The highest BCUT2D eigenvalue weighted by atomic mass is 16.5. The molecule has 1 saturated carbocycles. The molecule has 0 N–H and O–H groups in total. The Morgan fingerprint density at radius 2 is 1.94 bits per heavy atom. The van der Waals surface area contributed by atoms with E-state index in [2.05, 4.69) is 30.0 Å². The van der Waals surface area contributed by atoms with Crippen molar-refractivity contribution in [2.45, 2.75) is 38.7 Å². The summed E-state index contributed by atoms with van der Waals surface area (Å²) in [5, 5.41) is 0. The van der Waals surface area contributed by atoms with Crippen molar-refractivity contribution in [1.29, 1.82) is 0 Å². The second kappa shape index (κ2) is 4.00. The van der Waals surface area contributed by atoms with E-state index < -0.39 is 0 Å². The summed E-state index contributed by atoms with van der Waals surface area (Å²) >= 11 is 0. The van der Waals surface area contributed by atoms with Gasteiger partial charge in [-0.1, -0.05) is 0 Å². The molecule has 3 rings (SSSR count). The zero-order valence-electron chi connectivity index (χ0n) is 9.91. The average Bonchev–Trinajstić information content (AvgIpc) is 2.92. The van der Waals surface area contributed by atoms with Crippen molar-refractivity contribution in [3.63, 3.8) is 0 Å². The van der Waals surface area contributed by atoms with Crippen LogP contribution < -0.4 is 9.64 Å². The number of hydrogen-bond acceptors (Lipinski definition) is 2. The SMILES string of the molecule is Cc1cc(OC2CC2)ccc1N1CCCC1. The van der Waals surface area contributed by atoms with Gasteiger partial charge < -0.3 is 9.64 Å². The minimum absolute atomic E-state index is 0.497. The highest BCUT2D eigenvalue weighted by Crippen LogP contribution is 2.31. The lowest BCUT2D eigenvalue weighted by Crippen LogP contribution is -2.18. The minimum atomic E-state index is 0.497. The lowest BCUT2D eigenvalue weighted by molar-refractivity contribution is 0.303.